The summed E-state index contributed by atoms with van der Waals surface area (Å²) in [7, 11) is -2.05. The molecular weight excluding hydrogens is 300 g/mol. The Hall–Kier alpha value is -2.44. The number of hydrogen-bond acceptors (Lipinski definition) is 4. The minimum atomic E-state index is -3.44. The van der Waals surface area contributed by atoms with Gasteiger partial charge in [-0.3, -0.25) is 0 Å². The topological polar surface area (TPSA) is 72.2 Å². The van der Waals surface area contributed by atoms with Gasteiger partial charge in [0.25, 0.3) is 0 Å². The molecule has 2 aromatic carbocycles. The number of nitrogens with zero attached hydrogens (tertiary/aromatic N) is 1. The Kier molecular flexibility index (Phi) is 3.79. The van der Waals surface area contributed by atoms with Gasteiger partial charge in [-0.2, -0.15) is 0 Å². The molecule has 3 aromatic rings. The minimum absolute atomic E-state index is 0.219. The van der Waals surface area contributed by atoms with Crippen molar-refractivity contribution in [3.63, 3.8) is 0 Å². The lowest BCUT2D eigenvalue weighted by molar-refractivity contribution is 0.422. The Bertz CT molecular complexity index is 869. The molecule has 5 nitrogen and oxygen atoms in total. The van der Waals surface area contributed by atoms with Gasteiger partial charge < -0.3 is 4.52 Å². The Balaban J connectivity index is 2.02. The zero-order valence-electron chi connectivity index (χ0n) is 11.9. The molecule has 0 aliphatic rings. The van der Waals surface area contributed by atoms with Gasteiger partial charge in [-0.1, -0.05) is 47.6 Å². The normalized spacial score (nSPS) is 11.5. The molecule has 6 heteroatoms. The van der Waals surface area contributed by atoms with Crippen molar-refractivity contribution in [2.45, 2.75) is 4.90 Å². The van der Waals surface area contributed by atoms with Crippen LogP contribution < -0.4 is 4.72 Å². The molecule has 0 bridgehead atoms. The summed E-state index contributed by atoms with van der Waals surface area (Å²) in [6.07, 6.45) is 1.56. The van der Waals surface area contributed by atoms with Gasteiger partial charge in [0.2, 0.25) is 10.0 Å². The van der Waals surface area contributed by atoms with Crippen molar-refractivity contribution in [1.82, 2.24) is 9.88 Å². The maximum absolute atomic E-state index is 11.7. The van der Waals surface area contributed by atoms with Crippen LogP contribution in [-0.2, 0) is 10.0 Å². The Morgan fingerprint density at radius 2 is 1.64 bits per heavy atom. The largest absolute Gasteiger partial charge is 0.363 e. The van der Waals surface area contributed by atoms with Crippen LogP contribution in [-0.4, -0.2) is 20.6 Å². The lowest BCUT2D eigenvalue weighted by Crippen LogP contribution is -2.18. The summed E-state index contributed by atoms with van der Waals surface area (Å²) < 4.78 is 30.9. The van der Waals surface area contributed by atoms with Gasteiger partial charge in [0.15, 0.2) is 0 Å². The van der Waals surface area contributed by atoms with E-state index in [4.69, 9.17) is 4.52 Å². The van der Waals surface area contributed by atoms with Crippen LogP contribution in [0.5, 0.6) is 0 Å². The molecule has 0 saturated heterocycles. The maximum atomic E-state index is 11.7. The third-order valence-corrected chi connectivity index (χ3v) is 4.79. The van der Waals surface area contributed by atoms with Crippen molar-refractivity contribution in [3.05, 3.63) is 60.9 Å². The van der Waals surface area contributed by atoms with Gasteiger partial charge in [0, 0.05) is 11.1 Å². The van der Waals surface area contributed by atoms with E-state index in [0.717, 1.165) is 22.4 Å². The van der Waals surface area contributed by atoms with E-state index >= 15 is 0 Å². The fraction of sp³-hybridized carbons (Fsp3) is 0.0625. The maximum Gasteiger partial charge on any atom is 0.240 e. The van der Waals surface area contributed by atoms with Crippen molar-refractivity contribution in [1.29, 1.82) is 0 Å². The average molecular weight is 314 g/mol. The molecule has 0 fully saturated rings. The second-order valence-electron chi connectivity index (χ2n) is 4.67. The quantitative estimate of drug-likeness (QED) is 0.803. The third-order valence-electron chi connectivity index (χ3n) is 3.36. The molecule has 0 unspecified atom stereocenters. The highest BCUT2D eigenvalue weighted by atomic mass is 32.2. The second-order valence-corrected chi connectivity index (χ2v) is 6.56. The molecule has 0 aliphatic heterocycles. The average Bonchev–Trinajstić information content (AvgIpc) is 3.05. The van der Waals surface area contributed by atoms with Crippen molar-refractivity contribution in [2.24, 2.45) is 0 Å². The summed E-state index contributed by atoms with van der Waals surface area (Å²) in [4.78, 5) is 0.219. The van der Waals surface area contributed by atoms with Gasteiger partial charge in [-0.25, -0.2) is 13.1 Å². The summed E-state index contributed by atoms with van der Waals surface area (Å²) in [5, 5.41) is 4.04. The van der Waals surface area contributed by atoms with Crippen LogP contribution in [0, 0.1) is 0 Å². The van der Waals surface area contributed by atoms with E-state index in [0.29, 0.717) is 0 Å². The van der Waals surface area contributed by atoms with Crippen molar-refractivity contribution in [2.75, 3.05) is 7.05 Å². The van der Waals surface area contributed by atoms with E-state index in [-0.39, 0.29) is 4.90 Å². The lowest BCUT2D eigenvalue weighted by Gasteiger charge is -2.05. The smallest absolute Gasteiger partial charge is 0.240 e. The van der Waals surface area contributed by atoms with Crippen LogP contribution in [0.15, 0.2) is 70.3 Å². The number of aromatic nitrogens is 1. The van der Waals surface area contributed by atoms with Crippen LogP contribution in [0.2, 0.25) is 0 Å². The Morgan fingerprint density at radius 3 is 2.27 bits per heavy atom. The predicted molar refractivity (Wildman–Crippen MR) is 83.6 cm³/mol. The molecule has 0 spiro atoms. The van der Waals surface area contributed by atoms with E-state index < -0.39 is 10.0 Å². The zero-order chi connectivity index (χ0) is 15.6. The van der Waals surface area contributed by atoms with Crippen LogP contribution >= 0.6 is 0 Å². The first-order valence-corrected chi connectivity index (χ1v) is 8.14. The standard InChI is InChI=1S/C16H14N2O3S/c1-17-22(19,20)14-9-7-12(8-10-14)15-11-21-18-16(15)13-5-3-2-4-6-13/h2-11,17H,1H3. The summed E-state index contributed by atoms with van der Waals surface area (Å²) in [6.45, 7) is 0. The van der Waals surface area contributed by atoms with Crippen molar-refractivity contribution >= 4 is 10.0 Å². The molecule has 1 heterocycles. The summed E-state index contributed by atoms with van der Waals surface area (Å²) in [5.41, 5.74) is 3.33. The highest BCUT2D eigenvalue weighted by Gasteiger charge is 2.14. The zero-order valence-corrected chi connectivity index (χ0v) is 12.7. The number of sulfonamides is 1. The Labute approximate surface area is 128 Å². The molecule has 0 amide bonds. The Morgan fingerprint density at radius 1 is 0.955 bits per heavy atom. The molecule has 0 radical (unpaired) electrons. The molecule has 0 saturated carbocycles. The number of rotatable bonds is 4. The molecule has 1 aromatic heterocycles. The highest BCUT2D eigenvalue weighted by Crippen LogP contribution is 2.31. The summed E-state index contributed by atoms with van der Waals surface area (Å²) >= 11 is 0. The van der Waals surface area contributed by atoms with Gasteiger partial charge in [0.05, 0.1) is 4.90 Å². The second kappa shape index (κ2) is 5.75. The van der Waals surface area contributed by atoms with Crippen LogP contribution in [0.25, 0.3) is 22.4 Å². The van der Waals surface area contributed by atoms with Crippen LogP contribution in [0.1, 0.15) is 0 Å². The van der Waals surface area contributed by atoms with E-state index in [1.165, 1.54) is 7.05 Å². The number of nitrogens with one attached hydrogen (secondary N) is 1. The fourth-order valence-electron chi connectivity index (χ4n) is 2.18. The minimum Gasteiger partial charge on any atom is -0.363 e. The molecule has 3 rings (SSSR count). The summed E-state index contributed by atoms with van der Waals surface area (Å²) in [5.74, 6) is 0. The fourth-order valence-corrected chi connectivity index (χ4v) is 2.91. The van der Waals surface area contributed by atoms with Crippen LogP contribution in [0.4, 0.5) is 0 Å². The lowest BCUT2D eigenvalue weighted by atomic mass is 10.0. The van der Waals surface area contributed by atoms with Crippen molar-refractivity contribution in [3.8, 4) is 22.4 Å². The van der Waals surface area contributed by atoms with Gasteiger partial charge in [0.1, 0.15) is 12.0 Å². The number of hydrogen-bond donors (Lipinski definition) is 1. The first-order valence-electron chi connectivity index (χ1n) is 6.65. The SMILES string of the molecule is CNS(=O)(=O)c1ccc(-c2conc2-c2ccccc2)cc1. The van der Waals surface area contributed by atoms with Gasteiger partial charge in [-0.05, 0) is 24.7 Å². The molecular formula is C16H14N2O3S. The molecule has 22 heavy (non-hydrogen) atoms. The molecule has 1 N–H and O–H groups in total. The summed E-state index contributed by atoms with van der Waals surface area (Å²) in [6, 6.07) is 16.3. The van der Waals surface area contributed by atoms with Gasteiger partial charge >= 0.3 is 0 Å². The van der Waals surface area contributed by atoms with E-state index in [1.807, 2.05) is 30.3 Å². The number of benzene rings is 2. The van der Waals surface area contributed by atoms with E-state index in [1.54, 1.807) is 30.5 Å². The van der Waals surface area contributed by atoms with E-state index in [9.17, 15) is 8.42 Å². The van der Waals surface area contributed by atoms with Crippen molar-refractivity contribution < 1.29 is 12.9 Å². The van der Waals surface area contributed by atoms with E-state index in [2.05, 4.69) is 9.88 Å². The van der Waals surface area contributed by atoms with Gasteiger partial charge in [-0.15, -0.1) is 0 Å². The first-order chi connectivity index (χ1) is 10.6. The monoisotopic (exact) mass is 314 g/mol. The van der Waals surface area contributed by atoms with Crippen LogP contribution in [0.3, 0.4) is 0 Å². The molecule has 0 aliphatic carbocycles. The first kappa shape index (κ1) is 14.5. The highest BCUT2D eigenvalue weighted by molar-refractivity contribution is 7.89. The molecule has 0 atom stereocenters. The third kappa shape index (κ3) is 2.66. The molecule has 112 valence electrons. The predicted octanol–water partition coefficient (Wildman–Crippen LogP) is 2.92.